The van der Waals surface area contributed by atoms with Crippen LogP contribution in [0, 0.1) is 10.5 Å². The van der Waals surface area contributed by atoms with Gasteiger partial charge in [-0.1, -0.05) is 35.9 Å². The molecule has 0 aliphatic heterocycles. The maximum atomic E-state index is 12.3. The lowest BCUT2D eigenvalue weighted by atomic mass is 10.1. The van der Waals surface area contributed by atoms with Crippen molar-refractivity contribution >= 4 is 51.5 Å². The number of anilines is 2. The largest absolute Gasteiger partial charge is 0.490 e. The van der Waals surface area contributed by atoms with Gasteiger partial charge in [-0.15, -0.1) is 0 Å². The van der Waals surface area contributed by atoms with Crippen LogP contribution >= 0.6 is 34.2 Å². The Bertz CT molecular complexity index is 1040. The minimum absolute atomic E-state index is 0.107. The number of halogens is 2. The fourth-order valence-corrected chi connectivity index (χ4v) is 3.96. The molecule has 0 unspecified atom stereocenters. The van der Waals surface area contributed by atoms with Crippen LogP contribution in [0.1, 0.15) is 18.1 Å². The summed E-state index contributed by atoms with van der Waals surface area (Å²) in [5.74, 6) is 0.946. The lowest BCUT2D eigenvalue weighted by Crippen LogP contribution is -2.20. The lowest BCUT2D eigenvalue weighted by molar-refractivity contribution is -0.118. The van der Waals surface area contributed by atoms with E-state index in [4.69, 9.17) is 21.1 Å². The zero-order valence-electron chi connectivity index (χ0n) is 17.4. The van der Waals surface area contributed by atoms with Gasteiger partial charge in [0.25, 0.3) is 5.91 Å². The van der Waals surface area contributed by atoms with E-state index in [0.717, 1.165) is 26.1 Å². The van der Waals surface area contributed by atoms with Crippen LogP contribution in [0.25, 0.3) is 0 Å². The number of benzene rings is 3. The first-order valence-corrected chi connectivity index (χ1v) is 11.3. The number of carbonyl (C=O) groups excluding carboxylic acids is 1. The van der Waals surface area contributed by atoms with Crippen molar-refractivity contribution in [2.24, 2.45) is 0 Å². The van der Waals surface area contributed by atoms with Crippen LogP contribution in [0.5, 0.6) is 11.5 Å². The number of rotatable bonds is 9. The van der Waals surface area contributed by atoms with Crippen molar-refractivity contribution in [2.45, 2.75) is 20.4 Å². The molecule has 7 heteroatoms. The Morgan fingerprint density at radius 1 is 1.06 bits per heavy atom. The topological polar surface area (TPSA) is 59.6 Å². The number of ether oxygens (including phenoxy) is 2. The average molecular weight is 551 g/mol. The molecular formula is C24H24ClIN2O3. The SMILES string of the molecule is CCOc1cc(CNc2cc(Cl)ccc2C)cc(I)c1OCC(=O)Nc1ccccc1. The highest BCUT2D eigenvalue weighted by Crippen LogP contribution is 2.34. The van der Waals surface area contributed by atoms with E-state index in [0.29, 0.717) is 29.7 Å². The van der Waals surface area contributed by atoms with Gasteiger partial charge < -0.3 is 20.1 Å². The monoisotopic (exact) mass is 550 g/mol. The second-order valence-corrected chi connectivity index (χ2v) is 8.45. The van der Waals surface area contributed by atoms with Gasteiger partial charge in [-0.25, -0.2) is 0 Å². The molecule has 0 heterocycles. The second-order valence-electron chi connectivity index (χ2n) is 6.85. The summed E-state index contributed by atoms with van der Waals surface area (Å²) in [6.07, 6.45) is 0. The first kappa shape index (κ1) is 23.2. The Hall–Kier alpha value is -2.45. The van der Waals surface area contributed by atoms with Crippen molar-refractivity contribution in [3.05, 3.63) is 80.4 Å². The van der Waals surface area contributed by atoms with Crippen LogP contribution in [0.4, 0.5) is 11.4 Å². The molecule has 0 spiro atoms. The van der Waals surface area contributed by atoms with Gasteiger partial charge >= 0.3 is 0 Å². The highest BCUT2D eigenvalue weighted by atomic mass is 127. The summed E-state index contributed by atoms with van der Waals surface area (Å²) in [5.41, 5.74) is 3.87. The van der Waals surface area contributed by atoms with Gasteiger partial charge in [0.05, 0.1) is 10.2 Å². The molecule has 0 fully saturated rings. The number of aryl methyl sites for hydroxylation is 1. The Balaban J connectivity index is 1.69. The van der Waals surface area contributed by atoms with Crippen LogP contribution < -0.4 is 20.1 Å². The van der Waals surface area contributed by atoms with Crippen LogP contribution in [-0.2, 0) is 11.3 Å². The summed E-state index contributed by atoms with van der Waals surface area (Å²) >= 11 is 8.31. The van der Waals surface area contributed by atoms with E-state index in [2.05, 4.69) is 33.2 Å². The molecule has 0 saturated heterocycles. The maximum absolute atomic E-state index is 12.3. The van der Waals surface area contributed by atoms with Crippen molar-refractivity contribution in [2.75, 3.05) is 23.8 Å². The molecule has 162 valence electrons. The number of amides is 1. The Labute approximate surface area is 201 Å². The molecule has 0 bridgehead atoms. The molecule has 3 rings (SSSR count). The third kappa shape index (κ3) is 6.77. The molecule has 0 aliphatic carbocycles. The minimum Gasteiger partial charge on any atom is -0.490 e. The smallest absolute Gasteiger partial charge is 0.262 e. The van der Waals surface area contributed by atoms with Gasteiger partial charge in [0.2, 0.25) is 0 Å². The number of hydrogen-bond donors (Lipinski definition) is 2. The molecule has 1 amide bonds. The van der Waals surface area contributed by atoms with Crippen molar-refractivity contribution in [1.82, 2.24) is 0 Å². The van der Waals surface area contributed by atoms with Gasteiger partial charge in [0.15, 0.2) is 18.1 Å². The predicted octanol–water partition coefficient (Wildman–Crippen LogP) is 6.28. The van der Waals surface area contributed by atoms with E-state index in [1.54, 1.807) is 0 Å². The van der Waals surface area contributed by atoms with Crippen molar-refractivity contribution < 1.29 is 14.3 Å². The van der Waals surface area contributed by atoms with Gasteiger partial charge in [0.1, 0.15) is 0 Å². The highest BCUT2D eigenvalue weighted by molar-refractivity contribution is 14.1. The third-order valence-corrected chi connectivity index (χ3v) is 5.49. The van der Waals surface area contributed by atoms with E-state index < -0.39 is 0 Å². The molecular weight excluding hydrogens is 527 g/mol. The molecule has 3 aromatic carbocycles. The summed E-state index contributed by atoms with van der Waals surface area (Å²) in [5, 5.41) is 6.92. The second kappa shape index (κ2) is 11.2. The normalized spacial score (nSPS) is 10.5. The van der Waals surface area contributed by atoms with Crippen molar-refractivity contribution in [3.8, 4) is 11.5 Å². The fourth-order valence-electron chi connectivity index (χ4n) is 2.96. The van der Waals surface area contributed by atoms with E-state index in [1.807, 2.05) is 74.5 Å². The van der Waals surface area contributed by atoms with Gasteiger partial charge in [0, 0.05) is 22.9 Å². The van der Waals surface area contributed by atoms with Crippen LogP contribution in [0.2, 0.25) is 5.02 Å². The fraction of sp³-hybridized carbons (Fsp3) is 0.208. The van der Waals surface area contributed by atoms with E-state index in [9.17, 15) is 4.79 Å². The van der Waals surface area contributed by atoms with Crippen LogP contribution in [0.15, 0.2) is 60.7 Å². The maximum Gasteiger partial charge on any atom is 0.262 e. The number of nitrogens with one attached hydrogen (secondary N) is 2. The van der Waals surface area contributed by atoms with E-state index >= 15 is 0 Å². The Morgan fingerprint density at radius 2 is 1.84 bits per heavy atom. The molecule has 2 N–H and O–H groups in total. The molecule has 0 radical (unpaired) electrons. The van der Waals surface area contributed by atoms with Crippen LogP contribution in [-0.4, -0.2) is 19.1 Å². The molecule has 0 aromatic heterocycles. The lowest BCUT2D eigenvalue weighted by Gasteiger charge is -2.16. The number of para-hydroxylation sites is 1. The predicted molar refractivity (Wildman–Crippen MR) is 134 cm³/mol. The first-order chi connectivity index (χ1) is 15.0. The zero-order chi connectivity index (χ0) is 22.2. The first-order valence-electron chi connectivity index (χ1n) is 9.89. The Morgan fingerprint density at radius 3 is 2.58 bits per heavy atom. The van der Waals surface area contributed by atoms with Gasteiger partial charge in [-0.3, -0.25) is 4.79 Å². The van der Waals surface area contributed by atoms with E-state index in [-0.39, 0.29) is 12.5 Å². The molecule has 3 aromatic rings. The van der Waals surface area contributed by atoms with E-state index in [1.165, 1.54) is 0 Å². The summed E-state index contributed by atoms with van der Waals surface area (Å²) in [7, 11) is 0. The molecule has 0 saturated carbocycles. The molecule has 0 aliphatic rings. The Kier molecular flexibility index (Phi) is 8.43. The van der Waals surface area contributed by atoms with Gasteiger partial charge in [-0.2, -0.15) is 0 Å². The summed E-state index contributed by atoms with van der Waals surface area (Å²) in [6.45, 7) is 4.94. The highest BCUT2D eigenvalue weighted by Gasteiger charge is 2.14. The summed E-state index contributed by atoms with van der Waals surface area (Å²) < 4.78 is 12.5. The standard InChI is InChI=1S/C24H24ClIN2O3/c1-3-30-22-12-17(14-27-21-13-18(25)10-9-16(21)2)11-20(26)24(22)31-15-23(29)28-19-7-5-4-6-8-19/h4-13,27H,3,14-15H2,1-2H3,(H,28,29). The molecule has 5 nitrogen and oxygen atoms in total. The number of hydrogen-bond acceptors (Lipinski definition) is 4. The van der Waals surface area contributed by atoms with Gasteiger partial charge in [-0.05, 0) is 84.0 Å². The summed E-state index contributed by atoms with van der Waals surface area (Å²) in [4.78, 5) is 12.3. The zero-order valence-corrected chi connectivity index (χ0v) is 20.3. The number of carbonyl (C=O) groups is 1. The quantitative estimate of drug-likeness (QED) is 0.308. The van der Waals surface area contributed by atoms with Crippen molar-refractivity contribution in [3.63, 3.8) is 0 Å². The van der Waals surface area contributed by atoms with Crippen molar-refractivity contribution in [1.29, 1.82) is 0 Å². The third-order valence-electron chi connectivity index (χ3n) is 4.46. The molecule has 31 heavy (non-hydrogen) atoms. The minimum atomic E-state index is -0.230. The van der Waals surface area contributed by atoms with Crippen LogP contribution in [0.3, 0.4) is 0 Å². The summed E-state index contributed by atoms with van der Waals surface area (Å²) in [6, 6.07) is 19.0. The average Bonchev–Trinajstić information content (AvgIpc) is 2.74. The molecule has 0 atom stereocenters.